The van der Waals surface area contributed by atoms with Crippen molar-refractivity contribution in [2.24, 2.45) is 21.9 Å². The van der Waals surface area contributed by atoms with Crippen molar-refractivity contribution in [1.82, 2.24) is 0 Å². The third-order valence-electron chi connectivity index (χ3n) is 5.67. The Morgan fingerprint density at radius 1 is 1.11 bits per heavy atom. The van der Waals surface area contributed by atoms with Crippen LogP contribution in [0.25, 0.3) is 0 Å². The van der Waals surface area contributed by atoms with Crippen molar-refractivity contribution in [3.8, 4) is 0 Å². The number of hydrogen-bond acceptors (Lipinski definition) is 4. The van der Waals surface area contributed by atoms with E-state index < -0.39 is 41.8 Å². The Morgan fingerprint density at radius 2 is 1.72 bits per heavy atom. The third kappa shape index (κ3) is 7.21. The molecule has 12 heteroatoms. The Kier molecular flexibility index (Phi) is 9.02. The van der Waals surface area contributed by atoms with Gasteiger partial charge in [-0.2, -0.15) is 31.4 Å². The summed E-state index contributed by atoms with van der Waals surface area (Å²) in [5.74, 6) is -0.625. The van der Waals surface area contributed by atoms with E-state index in [2.05, 4.69) is 10.2 Å². The van der Waals surface area contributed by atoms with Crippen LogP contribution in [0, 0.1) is 5.92 Å². The van der Waals surface area contributed by atoms with Crippen molar-refractivity contribution in [1.29, 1.82) is 0 Å². The van der Waals surface area contributed by atoms with E-state index >= 15 is 0 Å². The van der Waals surface area contributed by atoms with E-state index in [9.17, 15) is 26.3 Å². The zero-order valence-electron chi connectivity index (χ0n) is 19.1. The number of halogens is 7. The summed E-state index contributed by atoms with van der Waals surface area (Å²) in [6.07, 6.45) is -9.97. The first-order valence-corrected chi connectivity index (χ1v) is 11.5. The maximum Gasteiger partial charge on any atom is 0.416 e. The predicted molar refractivity (Wildman–Crippen MR) is 124 cm³/mol. The van der Waals surface area contributed by atoms with Crippen LogP contribution in [-0.2, 0) is 21.8 Å². The molecule has 0 saturated carbocycles. The summed E-state index contributed by atoms with van der Waals surface area (Å²) in [6, 6.07) is 10.4. The number of amidine groups is 1. The van der Waals surface area contributed by atoms with Crippen molar-refractivity contribution < 1.29 is 35.8 Å². The van der Waals surface area contributed by atoms with Crippen LogP contribution in [0.15, 0.2) is 58.7 Å². The van der Waals surface area contributed by atoms with E-state index in [0.29, 0.717) is 18.6 Å². The lowest BCUT2D eigenvalue weighted by atomic mass is 9.82. The average molecular weight is 536 g/mol. The minimum Gasteiger partial charge on any atom is -0.385 e. The van der Waals surface area contributed by atoms with Crippen molar-refractivity contribution in [2.75, 3.05) is 12.5 Å². The van der Waals surface area contributed by atoms with Crippen LogP contribution < -0.4 is 5.73 Å². The fraction of sp³-hybridized carbons (Fsp3) is 0.417. The molecule has 3 rings (SSSR count). The van der Waals surface area contributed by atoms with Gasteiger partial charge in [-0.15, -0.1) is 16.7 Å². The van der Waals surface area contributed by atoms with Crippen LogP contribution in [0.3, 0.4) is 0 Å². The molecule has 0 spiro atoms. The topological polar surface area (TPSA) is 69.2 Å². The van der Waals surface area contributed by atoms with Gasteiger partial charge < -0.3 is 15.2 Å². The maximum atomic E-state index is 13.3. The van der Waals surface area contributed by atoms with E-state index in [4.69, 9.17) is 26.8 Å². The average Bonchev–Trinajstić information content (AvgIpc) is 2.83. The van der Waals surface area contributed by atoms with Gasteiger partial charge in [0.05, 0.1) is 29.7 Å². The molecule has 4 atom stereocenters. The highest BCUT2D eigenvalue weighted by Crippen LogP contribution is 2.41. The van der Waals surface area contributed by atoms with E-state index in [1.54, 1.807) is 18.3 Å². The third-order valence-corrected chi connectivity index (χ3v) is 5.94. The molecule has 0 bridgehead atoms. The molecule has 1 aliphatic rings. The van der Waals surface area contributed by atoms with Crippen molar-refractivity contribution in [3.63, 3.8) is 0 Å². The molecule has 2 N–H and O–H groups in total. The van der Waals surface area contributed by atoms with Crippen LogP contribution in [0.2, 0.25) is 0 Å². The van der Waals surface area contributed by atoms with Gasteiger partial charge in [0, 0.05) is 18.1 Å². The number of nitrogens with zero attached hydrogens (tertiary/aromatic N) is 2. The molecular weight excluding hydrogens is 512 g/mol. The minimum absolute atomic E-state index is 0.00656. The fourth-order valence-corrected chi connectivity index (χ4v) is 3.94. The lowest BCUT2D eigenvalue weighted by molar-refractivity contribution is -0.203. The molecule has 0 aromatic heterocycles. The molecule has 1 heterocycles. The molecule has 0 radical (unpaired) electrons. The molecule has 1 saturated heterocycles. The van der Waals surface area contributed by atoms with Gasteiger partial charge in [-0.05, 0) is 42.7 Å². The zero-order chi connectivity index (χ0) is 26.5. The SMILES string of the molecule is CC(O[C@H]1OCC[C@@H](C=NN=C(N)CCl)[C@@H]1c1ccccc1)c1cc(C(F)(F)F)cc(C(F)(F)F)c1. The second kappa shape index (κ2) is 11.6. The molecule has 196 valence electrons. The summed E-state index contributed by atoms with van der Waals surface area (Å²) in [7, 11) is 0. The monoisotopic (exact) mass is 535 g/mol. The van der Waals surface area contributed by atoms with E-state index in [-0.39, 0.29) is 35.9 Å². The molecule has 0 aliphatic carbocycles. The lowest BCUT2D eigenvalue weighted by Gasteiger charge is -2.38. The highest BCUT2D eigenvalue weighted by molar-refractivity contribution is 6.27. The molecule has 1 aliphatic heterocycles. The van der Waals surface area contributed by atoms with Crippen LogP contribution in [-0.4, -0.2) is 30.8 Å². The molecular formula is C24H24ClF6N3O2. The Bertz CT molecular complexity index is 1040. The molecule has 2 aromatic carbocycles. The summed E-state index contributed by atoms with van der Waals surface area (Å²) in [4.78, 5) is 0. The standard InChI is InChI=1S/C24H24ClF6N3O2/c1-14(17-9-18(23(26,27)28)11-19(10-17)24(29,30)31)36-22-21(15-5-3-2-4-6-15)16(7-8-35-22)13-33-34-20(32)12-25/h2-6,9-11,13-14,16,21-22H,7-8,12H2,1H3,(H2,32,34)/t14?,16-,21-,22+/m0/s1. The van der Waals surface area contributed by atoms with Crippen molar-refractivity contribution >= 4 is 23.7 Å². The van der Waals surface area contributed by atoms with Gasteiger partial charge in [0.25, 0.3) is 0 Å². The number of hydrogen-bond donors (Lipinski definition) is 1. The number of nitrogens with two attached hydrogens (primary N) is 1. The van der Waals surface area contributed by atoms with Gasteiger partial charge in [-0.1, -0.05) is 30.3 Å². The summed E-state index contributed by atoms with van der Waals surface area (Å²) in [5, 5.41) is 7.78. The maximum absolute atomic E-state index is 13.3. The Labute approximate surface area is 208 Å². The normalized spacial score (nSPS) is 22.7. The molecule has 36 heavy (non-hydrogen) atoms. The van der Waals surface area contributed by atoms with Crippen LogP contribution >= 0.6 is 11.6 Å². The van der Waals surface area contributed by atoms with Gasteiger partial charge in [0.15, 0.2) is 6.29 Å². The summed E-state index contributed by atoms with van der Waals surface area (Å²) < 4.78 is 91.7. The Balaban J connectivity index is 1.94. The molecule has 1 fully saturated rings. The number of benzene rings is 2. The van der Waals surface area contributed by atoms with Crippen LogP contribution in [0.1, 0.15) is 47.6 Å². The number of rotatable bonds is 7. The van der Waals surface area contributed by atoms with E-state index in [1.165, 1.54) is 6.92 Å². The van der Waals surface area contributed by atoms with Crippen molar-refractivity contribution in [3.05, 3.63) is 70.8 Å². The molecule has 0 amide bonds. The highest BCUT2D eigenvalue weighted by atomic mass is 35.5. The first-order valence-electron chi connectivity index (χ1n) is 10.9. The smallest absolute Gasteiger partial charge is 0.385 e. The highest BCUT2D eigenvalue weighted by Gasteiger charge is 2.39. The molecule has 2 aromatic rings. The number of ether oxygens (including phenoxy) is 2. The van der Waals surface area contributed by atoms with Gasteiger partial charge in [0.2, 0.25) is 0 Å². The van der Waals surface area contributed by atoms with Crippen molar-refractivity contribution in [2.45, 2.75) is 44.0 Å². The summed E-state index contributed by atoms with van der Waals surface area (Å²) in [6.45, 7) is 1.60. The quantitative estimate of drug-likeness (QED) is 0.144. The zero-order valence-corrected chi connectivity index (χ0v) is 19.8. The summed E-state index contributed by atoms with van der Waals surface area (Å²) in [5.41, 5.74) is 3.27. The minimum atomic E-state index is -4.96. The Morgan fingerprint density at radius 3 is 2.28 bits per heavy atom. The van der Waals surface area contributed by atoms with Crippen LogP contribution in [0.4, 0.5) is 26.3 Å². The van der Waals surface area contributed by atoms with Gasteiger partial charge in [0.1, 0.15) is 5.84 Å². The number of alkyl halides is 7. The molecule has 1 unspecified atom stereocenters. The lowest BCUT2D eigenvalue weighted by Crippen LogP contribution is -2.38. The van der Waals surface area contributed by atoms with E-state index in [1.807, 2.05) is 18.2 Å². The first-order chi connectivity index (χ1) is 16.9. The van der Waals surface area contributed by atoms with Gasteiger partial charge >= 0.3 is 12.4 Å². The van der Waals surface area contributed by atoms with Gasteiger partial charge in [-0.3, -0.25) is 0 Å². The fourth-order valence-electron chi connectivity index (χ4n) is 3.89. The Hall–Kier alpha value is -2.63. The second-order valence-electron chi connectivity index (χ2n) is 8.24. The summed E-state index contributed by atoms with van der Waals surface area (Å²) >= 11 is 5.60. The van der Waals surface area contributed by atoms with Gasteiger partial charge in [-0.25, -0.2) is 0 Å². The first kappa shape index (κ1) is 27.9. The second-order valence-corrected chi connectivity index (χ2v) is 8.50. The van der Waals surface area contributed by atoms with E-state index in [0.717, 1.165) is 5.56 Å². The van der Waals surface area contributed by atoms with Crippen LogP contribution in [0.5, 0.6) is 0 Å². The predicted octanol–water partition coefficient (Wildman–Crippen LogP) is 6.53. The largest absolute Gasteiger partial charge is 0.416 e. The molecule has 5 nitrogen and oxygen atoms in total.